The SMILES string of the molecule is C[S+](=O)([O-])N1Cc2ccccc2CC2(CCCCN2Cc2ccncc2)C1. The van der Waals surface area contributed by atoms with Crippen LogP contribution in [0.3, 0.4) is 0 Å². The van der Waals surface area contributed by atoms with Crippen molar-refractivity contribution in [1.29, 1.82) is 0 Å². The van der Waals surface area contributed by atoms with E-state index in [2.05, 4.69) is 40.2 Å². The molecule has 0 saturated carbocycles. The lowest BCUT2D eigenvalue weighted by atomic mass is 9.80. The zero-order valence-corrected chi connectivity index (χ0v) is 16.7. The van der Waals surface area contributed by atoms with Crippen LogP contribution in [0, 0.1) is 0 Å². The van der Waals surface area contributed by atoms with Crippen molar-refractivity contribution in [2.24, 2.45) is 0 Å². The van der Waals surface area contributed by atoms with Crippen LogP contribution in [-0.2, 0) is 34.1 Å². The molecule has 0 radical (unpaired) electrons. The van der Waals surface area contributed by atoms with E-state index in [1.165, 1.54) is 17.4 Å². The molecule has 1 aromatic carbocycles. The normalized spacial score (nSPS) is 26.3. The second-order valence-corrected chi connectivity index (χ2v) is 9.92. The van der Waals surface area contributed by atoms with Crippen molar-refractivity contribution in [2.45, 2.75) is 44.3 Å². The molecule has 1 spiro atoms. The zero-order valence-electron chi connectivity index (χ0n) is 15.8. The van der Waals surface area contributed by atoms with Crippen LogP contribution in [0.4, 0.5) is 0 Å². The monoisotopic (exact) mass is 385 g/mol. The number of hydrogen-bond acceptors (Lipinski definition) is 4. The van der Waals surface area contributed by atoms with Crippen LogP contribution in [0.2, 0.25) is 0 Å². The molecule has 0 N–H and O–H groups in total. The van der Waals surface area contributed by atoms with Crippen LogP contribution in [-0.4, -0.2) is 43.6 Å². The van der Waals surface area contributed by atoms with Gasteiger partial charge in [0, 0.05) is 24.5 Å². The molecular weight excluding hydrogens is 358 g/mol. The summed E-state index contributed by atoms with van der Waals surface area (Å²) in [5.74, 6) is 0. The Bertz CT molecular complexity index is 838. The summed E-state index contributed by atoms with van der Waals surface area (Å²) in [7, 11) is -3.27. The molecule has 4 rings (SSSR count). The van der Waals surface area contributed by atoms with E-state index in [1.54, 1.807) is 4.31 Å². The molecule has 1 saturated heterocycles. The van der Waals surface area contributed by atoms with Gasteiger partial charge in [0.15, 0.2) is 0 Å². The zero-order chi connectivity index (χ0) is 18.9. The molecule has 2 aliphatic heterocycles. The summed E-state index contributed by atoms with van der Waals surface area (Å²) in [6.45, 7) is 2.87. The first-order chi connectivity index (χ1) is 13.0. The van der Waals surface area contributed by atoms with Gasteiger partial charge < -0.3 is 4.55 Å². The van der Waals surface area contributed by atoms with Crippen LogP contribution in [0.25, 0.3) is 0 Å². The number of sulfonamides is 1. The Balaban J connectivity index is 1.73. The summed E-state index contributed by atoms with van der Waals surface area (Å²) in [5, 5.41) is 0. The van der Waals surface area contributed by atoms with Crippen molar-refractivity contribution >= 4 is 10.4 Å². The number of piperidine rings is 1. The molecule has 2 aliphatic rings. The van der Waals surface area contributed by atoms with Gasteiger partial charge in [-0.25, -0.2) is 0 Å². The Morgan fingerprint density at radius 2 is 1.89 bits per heavy atom. The number of pyridine rings is 1. The molecular formula is C21H27N3O2S. The van der Waals surface area contributed by atoms with Crippen LogP contribution >= 0.6 is 0 Å². The van der Waals surface area contributed by atoms with Gasteiger partial charge in [-0.2, -0.15) is 0 Å². The van der Waals surface area contributed by atoms with Crippen LogP contribution in [0.15, 0.2) is 48.8 Å². The van der Waals surface area contributed by atoms with Gasteiger partial charge in [0.2, 0.25) is 0 Å². The van der Waals surface area contributed by atoms with Gasteiger partial charge in [0.1, 0.15) is 16.7 Å². The fourth-order valence-electron chi connectivity index (χ4n) is 4.59. The van der Waals surface area contributed by atoms with Crippen molar-refractivity contribution < 1.29 is 8.76 Å². The summed E-state index contributed by atoms with van der Waals surface area (Å²) in [4.78, 5) is 6.65. The van der Waals surface area contributed by atoms with Gasteiger partial charge in [0.25, 0.3) is 0 Å². The largest absolute Gasteiger partial charge is 0.598 e. The molecule has 144 valence electrons. The lowest BCUT2D eigenvalue weighted by Gasteiger charge is -2.48. The summed E-state index contributed by atoms with van der Waals surface area (Å²) in [6, 6.07) is 12.4. The number of rotatable bonds is 3. The number of fused-ring (bicyclic) bond motifs is 1. The Morgan fingerprint density at radius 3 is 2.63 bits per heavy atom. The summed E-state index contributed by atoms with van der Waals surface area (Å²) in [5.41, 5.74) is 3.49. The second-order valence-electron chi connectivity index (χ2n) is 7.94. The first-order valence-corrected chi connectivity index (χ1v) is 11.5. The summed E-state index contributed by atoms with van der Waals surface area (Å²) in [6.07, 6.45) is 9.23. The Hall–Kier alpha value is -1.60. The third kappa shape index (κ3) is 3.99. The van der Waals surface area contributed by atoms with E-state index >= 15 is 0 Å². The van der Waals surface area contributed by atoms with Gasteiger partial charge in [-0.1, -0.05) is 34.9 Å². The van der Waals surface area contributed by atoms with Gasteiger partial charge in [0.05, 0.1) is 13.1 Å². The highest BCUT2D eigenvalue weighted by Crippen LogP contribution is 2.38. The fraction of sp³-hybridized carbons (Fsp3) is 0.476. The van der Waals surface area contributed by atoms with Gasteiger partial charge in [-0.05, 0) is 54.6 Å². The molecule has 1 aromatic heterocycles. The maximum atomic E-state index is 12.5. The van der Waals surface area contributed by atoms with Crippen LogP contribution in [0.1, 0.15) is 36.0 Å². The molecule has 2 unspecified atom stereocenters. The minimum atomic E-state index is -3.27. The molecule has 2 atom stereocenters. The van der Waals surface area contributed by atoms with E-state index in [1.807, 2.05) is 18.5 Å². The maximum absolute atomic E-state index is 12.5. The lowest BCUT2D eigenvalue weighted by Crippen LogP contribution is -2.59. The van der Waals surface area contributed by atoms with Crippen LogP contribution in [0.5, 0.6) is 0 Å². The number of hydrogen-bond donors (Lipinski definition) is 0. The molecule has 1 fully saturated rings. The van der Waals surface area contributed by atoms with Gasteiger partial charge in [-0.15, -0.1) is 4.31 Å². The van der Waals surface area contributed by atoms with Crippen molar-refractivity contribution in [3.05, 3.63) is 65.5 Å². The van der Waals surface area contributed by atoms with Crippen LogP contribution < -0.4 is 0 Å². The van der Waals surface area contributed by atoms with Crippen molar-refractivity contribution in [3.8, 4) is 0 Å². The molecule has 3 heterocycles. The topological polar surface area (TPSA) is 59.5 Å². The lowest BCUT2D eigenvalue weighted by molar-refractivity contribution is 0.0248. The first kappa shape index (κ1) is 18.7. The Morgan fingerprint density at radius 1 is 1.15 bits per heavy atom. The first-order valence-electron chi connectivity index (χ1n) is 9.62. The molecule has 27 heavy (non-hydrogen) atoms. The number of likely N-dealkylation sites (tertiary alicyclic amines) is 1. The van der Waals surface area contributed by atoms with Gasteiger partial charge >= 0.3 is 0 Å². The molecule has 0 bridgehead atoms. The third-order valence-electron chi connectivity index (χ3n) is 6.04. The number of aromatic nitrogens is 1. The standard InChI is InChI=1S/C21H27N3O2S/c1-27(25,26)24-16-20-7-3-2-6-19(20)14-21(17-24)10-4-5-13-23(21)15-18-8-11-22-12-9-18/h2-3,6-9,11-12H,4-5,10,13-17H2,1H3. The molecule has 2 aromatic rings. The van der Waals surface area contributed by atoms with E-state index in [4.69, 9.17) is 0 Å². The fourth-order valence-corrected chi connectivity index (χ4v) is 5.44. The number of benzene rings is 1. The predicted octanol–water partition coefficient (Wildman–Crippen LogP) is 3.04. The highest BCUT2D eigenvalue weighted by molar-refractivity contribution is 7.94. The minimum absolute atomic E-state index is 0.156. The third-order valence-corrected chi connectivity index (χ3v) is 7.23. The smallest absolute Gasteiger partial charge is 0.122 e. The summed E-state index contributed by atoms with van der Waals surface area (Å²) < 4.78 is 26.8. The average Bonchev–Trinajstić information content (AvgIpc) is 2.82. The quantitative estimate of drug-likeness (QED) is 0.762. The number of nitrogens with zero attached hydrogens (tertiary/aromatic N) is 3. The minimum Gasteiger partial charge on any atom is -0.598 e. The van der Waals surface area contributed by atoms with E-state index in [0.717, 1.165) is 44.3 Å². The van der Waals surface area contributed by atoms with Crippen molar-refractivity contribution in [2.75, 3.05) is 19.3 Å². The van der Waals surface area contributed by atoms with Crippen molar-refractivity contribution in [3.63, 3.8) is 0 Å². The van der Waals surface area contributed by atoms with E-state index in [9.17, 15) is 8.76 Å². The van der Waals surface area contributed by atoms with Gasteiger partial charge in [-0.3, -0.25) is 9.88 Å². The highest BCUT2D eigenvalue weighted by atomic mass is 32.3. The highest BCUT2D eigenvalue weighted by Gasteiger charge is 2.45. The second kappa shape index (κ2) is 7.43. The molecule has 0 amide bonds. The predicted molar refractivity (Wildman–Crippen MR) is 107 cm³/mol. The van der Waals surface area contributed by atoms with Crippen molar-refractivity contribution in [1.82, 2.24) is 14.2 Å². The summed E-state index contributed by atoms with van der Waals surface area (Å²) >= 11 is 0. The molecule has 5 nitrogen and oxygen atoms in total. The van der Waals surface area contributed by atoms with E-state index in [0.29, 0.717) is 13.1 Å². The van der Waals surface area contributed by atoms with E-state index in [-0.39, 0.29) is 5.54 Å². The van der Waals surface area contributed by atoms with E-state index < -0.39 is 10.4 Å². The molecule has 6 heteroatoms. The average molecular weight is 386 g/mol. The Kier molecular flexibility index (Phi) is 5.16. The maximum Gasteiger partial charge on any atom is 0.122 e. The molecule has 0 aliphatic carbocycles. The Labute approximate surface area is 162 Å².